The van der Waals surface area contributed by atoms with Crippen LogP contribution in [0.15, 0.2) is 36.4 Å². The Kier molecular flexibility index (Phi) is 9.12. The highest BCUT2D eigenvalue weighted by molar-refractivity contribution is 5.83. The normalized spacial score (nSPS) is 26.4. The number of hydrogen-bond acceptors (Lipinski definition) is 0. The third kappa shape index (κ3) is 6.61. The van der Waals surface area contributed by atoms with Gasteiger partial charge in [-0.2, -0.15) is 0 Å². The van der Waals surface area contributed by atoms with Crippen molar-refractivity contribution in [3.63, 3.8) is 0 Å². The molecule has 0 spiro atoms. The minimum Gasteiger partial charge on any atom is -0.0654 e. The highest BCUT2D eigenvalue weighted by atomic mass is 14.4. The van der Waals surface area contributed by atoms with Gasteiger partial charge >= 0.3 is 0 Å². The number of benzene rings is 2. The Hall–Kier alpha value is -1.30. The molecule has 2 saturated carbocycles. The monoisotopic (exact) mass is 432 g/mol. The molecule has 0 amide bonds. The van der Waals surface area contributed by atoms with Gasteiger partial charge in [0.15, 0.2) is 0 Å². The standard InChI is InChI=1S/C32H48/c1-3-5-6-8-27-15-21-32-24-28(16-22-31(32)23-27)10-9-26-13-19-30(20-14-26)29-17-11-25(7-4-2)12-18-29/h15-16,21-26,29-30H,3-14,17-20H2,1-2H3. The molecule has 0 saturated heterocycles. The molecular weight excluding hydrogens is 384 g/mol. The van der Waals surface area contributed by atoms with Gasteiger partial charge in [0.2, 0.25) is 0 Å². The van der Waals surface area contributed by atoms with Crippen molar-refractivity contribution >= 4 is 10.8 Å². The number of hydrogen-bond donors (Lipinski definition) is 0. The van der Waals surface area contributed by atoms with Crippen molar-refractivity contribution in [3.8, 4) is 0 Å². The van der Waals surface area contributed by atoms with Crippen LogP contribution in [-0.2, 0) is 12.8 Å². The molecule has 4 rings (SSSR count). The van der Waals surface area contributed by atoms with E-state index in [1.54, 1.807) is 5.56 Å². The summed E-state index contributed by atoms with van der Waals surface area (Å²) in [5.74, 6) is 4.15. The lowest BCUT2D eigenvalue weighted by Crippen LogP contribution is -2.26. The molecule has 2 aliphatic rings. The second kappa shape index (κ2) is 12.2. The molecule has 2 aromatic carbocycles. The average Bonchev–Trinajstić information content (AvgIpc) is 2.84. The maximum absolute atomic E-state index is 2.46. The van der Waals surface area contributed by atoms with Crippen LogP contribution in [0.1, 0.15) is 115 Å². The summed E-state index contributed by atoms with van der Waals surface area (Å²) in [7, 11) is 0. The highest BCUT2D eigenvalue weighted by Gasteiger charge is 2.30. The molecule has 0 aromatic heterocycles. The van der Waals surface area contributed by atoms with Crippen molar-refractivity contribution < 1.29 is 0 Å². The fraction of sp³-hybridized carbons (Fsp3) is 0.688. The molecule has 0 bridgehead atoms. The van der Waals surface area contributed by atoms with E-state index in [1.807, 2.05) is 0 Å². The zero-order valence-corrected chi connectivity index (χ0v) is 21.1. The fourth-order valence-corrected chi connectivity index (χ4v) is 6.91. The van der Waals surface area contributed by atoms with Crippen LogP contribution in [0.2, 0.25) is 0 Å². The molecule has 0 N–H and O–H groups in total. The molecule has 0 aliphatic heterocycles. The van der Waals surface area contributed by atoms with E-state index in [0.717, 1.165) is 23.7 Å². The summed E-state index contributed by atoms with van der Waals surface area (Å²) in [6, 6.07) is 14.4. The Morgan fingerprint density at radius 1 is 0.562 bits per heavy atom. The molecule has 32 heavy (non-hydrogen) atoms. The number of fused-ring (bicyclic) bond motifs is 1. The summed E-state index contributed by atoms with van der Waals surface area (Å²) in [4.78, 5) is 0. The molecule has 2 aromatic rings. The average molecular weight is 433 g/mol. The van der Waals surface area contributed by atoms with Crippen LogP contribution in [0.3, 0.4) is 0 Å². The van der Waals surface area contributed by atoms with E-state index in [9.17, 15) is 0 Å². The van der Waals surface area contributed by atoms with Crippen LogP contribution < -0.4 is 0 Å². The molecule has 0 heterocycles. The molecular formula is C32H48. The van der Waals surface area contributed by atoms with E-state index >= 15 is 0 Å². The molecule has 2 fully saturated rings. The van der Waals surface area contributed by atoms with Crippen LogP contribution in [0, 0.1) is 23.7 Å². The molecule has 0 nitrogen and oxygen atoms in total. The van der Waals surface area contributed by atoms with Gasteiger partial charge in [-0.25, -0.2) is 0 Å². The Bertz CT molecular complexity index is 802. The zero-order chi connectivity index (χ0) is 22.2. The van der Waals surface area contributed by atoms with E-state index in [4.69, 9.17) is 0 Å². The molecule has 0 radical (unpaired) electrons. The number of rotatable bonds is 10. The topological polar surface area (TPSA) is 0 Å². The van der Waals surface area contributed by atoms with Gasteiger partial charge in [-0.1, -0.05) is 102 Å². The first kappa shape index (κ1) is 23.8. The lowest BCUT2D eigenvalue weighted by molar-refractivity contribution is 0.141. The Morgan fingerprint density at radius 2 is 1.09 bits per heavy atom. The molecule has 0 atom stereocenters. The zero-order valence-electron chi connectivity index (χ0n) is 21.1. The smallest absolute Gasteiger partial charge is 0.0181 e. The SMILES string of the molecule is CCCCCc1ccc2cc(CCC3CCC(C4CCC(CCC)CC4)CC3)ccc2c1. The third-order valence-electron chi connectivity index (χ3n) is 9.03. The number of unbranched alkanes of at least 4 members (excludes halogenated alkanes) is 2. The predicted octanol–water partition coefficient (Wildman–Crippen LogP) is 9.92. The molecule has 0 heteroatoms. The minimum absolute atomic E-state index is 0.972. The van der Waals surface area contributed by atoms with E-state index in [0.29, 0.717) is 0 Å². The summed E-state index contributed by atoms with van der Waals surface area (Å²) in [5.41, 5.74) is 3.06. The first-order valence-electron chi connectivity index (χ1n) is 14.3. The van der Waals surface area contributed by atoms with Gasteiger partial charge in [-0.05, 0) is 96.9 Å². The Morgan fingerprint density at radius 3 is 1.62 bits per heavy atom. The summed E-state index contributed by atoms with van der Waals surface area (Å²) in [5, 5.41) is 2.86. The molecule has 0 unspecified atom stereocenters. The second-order valence-electron chi connectivity index (χ2n) is 11.4. The second-order valence-corrected chi connectivity index (χ2v) is 11.4. The maximum Gasteiger partial charge on any atom is -0.0181 e. The summed E-state index contributed by atoms with van der Waals surface area (Å²) in [6.45, 7) is 4.64. The van der Waals surface area contributed by atoms with Gasteiger partial charge in [0.05, 0.1) is 0 Å². The first-order chi connectivity index (χ1) is 15.7. The summed E-state index contributed by atoms with van der Waals surface area (Å²) < 4.78 is 0. The first-order valence-corrected chi connectivity index (χ1v) is 14.3. The maximum atomic E-state index is 2.46. The summed E-state index contributed by atoms with van der Waals surface area (Å²) >= 11 is 0. The van der Waals surface area contributed by atoms with E-state index in [-0.39, 0.29) is 0 Å². The van der Waals surface area contributed by atoms with Crippen LogP contribution in [0.4, 0.5) is 0 Å². The largest absolute Gasteiger partial charge is 0.0654 e. The van der Waals surface area contributed by atoms with Crippen molar-refractivity contribution in [2.45, 2.75) is 117 Å². The number of aryl methyl sites for hydroxylation is 2. The lowest BCUT2D eigenvalue weighted by Gasteiger charge is -2.38. The van der Waals surface area contributed by atoms with Crippen LogP contribution in [0.25, 0.3) is 10.8 Å². The highest BCUT2D eigenvalue weighted by Crippen LogP contribution is 2.43. The van der Waals surface area contributed by atoms with Gasteiger partial charge in [0.25, 0.3) is 0 Å². The third-order valence-corrected chi connectivity index (χ3v) is 9.03. The van der Waals surface area contributed by atoms with Crippen LogP contribution in [-0.4, -0.2) is 0 Å². The van der Waals surface area contributed by atoms with Gasteiger partial charge < -0.3 is 0 Å². The molecule has 176 valence electrons. The lowest BCUT2D eigenvalue weighted by atomic mass is 9.68. The van der Waals surface area contributed by atoms with Gasteiger partial charge in [-0.3, -0.25) is 0 Å². The summed E-state index contributed by atoms with van der Waals surface area (Å²) in [6.07, 6.45) is 22.9. The van der Waals surface area contributed by atoms with Crippen molar-refractivity contribution in [2.75, 3.05) is 0 Å². The van der Waals surface area contributed by atoms with E-state index in [1.165, 1.54) is 119 Å². The van der Waals surface area contributed by atoms with Crippen molar-refractivity contribution in [2.24, 2.45) is 23.7 Å². The van der Waals surface area contributed by atoms with Crippen molar-refractivity contribution in [1.82, 2.24) is 0 Å². The quantitative estimate of drug-likeness (QED) is 0.328. The van der Waals surface area contributed by atoms with Crippen molar-refractivity contribution in [1.29, 1.82) is 0 Å². The van der Waals surface area contributed by atoms with Crippen LogP contribution >= 0.6 is 0 Å². The minimum atomic E-state index is 0.972. The van der Waals surface area contributed by atoms with E-state index in [2.05, 4.69) is 50.2 Å². The molecule has 2 aliphatic carbocycles. The van der Waals surface area contributed by atoms with Gasteiger partial charge in [0, 0.05) is 0 Å². The van der Waals surface area contributed by atoms with Gasteiger partial charge in [-0.15, -0.1) is 0 Å². The fourth-order valence-electron chi connectivity index (χ4n) is 6.91. The van der Waals surface area contributed by atoms with Crippen LogP contribution in [0.5, 0.6) is 0 Å². The van der Waals surface area contributed by atoms with Gasteiger partial charge in [0.1, 0.15) is 0 Å². The van der Waals surface area contributed by atoms with Crippen molar-refractivity contribution in [3.05, 3.63) is 47.5 Å². The predicted molar refractivity (Wildman–Crippen MR) is 141 cm³/mol. The Balaban J connectivity index is 1.21. The Labute approximate surface area is 198 Å². The van der Waals surface area contributed by atoms with E-state index < -0.39 is 0 Å².